The summed E-state index contributed by atoms with van der Waals surface area (Å²) in [6.45, 7) is 8.89. The number of carbonyl (C=O) groups excluding carboxylic acids is 3. The van der Waals surface area contributed by atoms with E-state index in [1.165, 1.54) is 0 Å². The maximum absolute atomic E-state index is 12.8. The van der Waals surface area contributed by atoms with Gasteiger partial charge in [0.05, 0.1) is 12.2 Å². The number of aromatic nitrogens is 1. The molecule has 1 fully saturated rings. The summed E-state index contributed by atoms with van der Waals surface area (Å²) in [6.07, 6.45) is 2.42. The minimum absolute atomic E-state index is 0.00210. The first-order valence-electron chi connectivity index (χ1n) is 8.97. The van der Waals surface area contributed by atoms with Crippen LogP contribution in [0.1, 0.15) is 65.7 Å². The second kappa shape index (κ2) is 7.95. The molecule has 2 heterocycles. The van der Waals surface area contributed by atoms with Crippen LogP contribution in [0, 0.1) is 6.92 Å². The molecule has 0 radical (unpaired) electrons. The number of carbonyl (C=O) groups is 3. The third kappa shape index (κ3) is 4.18. The third-order valence-electron chi connectivity index (χ3n) is 5.24. The number of Topliss-reactive ketones (excluding diaryl/α,β-unsaturated/α-hetero) is 2. The molecule has 25 heavy (non-hydrogen) atoms. The number of hydrogen-bond acceptors (Lipinski definition) is 4. The smallest absolute Gasteiger partial charge is 0.219 e. The standard InChI is InChI=1S/C19H29N3O3/c1-6-16-18(13(3)23)12(2)20-19(16)17(25)11-22-9-7-15(8-10-22)21(5)14(4)24/h15,20H,6-11H2,1-5H3. The van der Waals surface area contributed by atoms with Crippen molar-refractivity contribution >= 4 is 17.5 Å². The lowest BCUT2D eigenvalue weighted by Crippen LogP contribution is -2.46. The Morgan fingerprint density at radius 3 is 2.28 bits per heavy atom. The summed E-state index contributed by atoms with van der Waals surface area (Å²) in [5.74, 6) is 0.115. The van der Waals surface area contributed by atoms with Crippen LogP contribution in [0.5, 0.6) is 0 Å². The van der Waals surface area contributed by atoms with Gasteiger partial charge in [0.15, 0.2) is 11.6 Å². The fourth-order valence-corrected chi connectivity index (χ4v) is 3.75. The lowest BCUT2D eigenvalue weighted by Gasteiger charge is -2.36. The predicted octanol–water partition coefficient (Wildman–Crippen LogP) is 2.21. The Kier molecular flexibility index (Phi) is 6.16. The number of amides is 1. The van der Waals surface area contributed by atoms with E-state index >= 15 is 0 Å². The van der Waals surface area contributed by atoms with E-state index in [2.05, 4.69) is 9.88 Å². The van der Waals surface area contributed by atoms with Crippen LogP contribution < -0.4 is 0 Å². The largest absolute Gasteiger partial charge is 0.355 e. The molecule has 0 unspecified atom stereocenters. The Morgan fingerprint density at radius 2 is 1.80 bits per heavy atom. The van der Waals surface area contributed by atoms with Crippen molar-refractivity contribution in [2.75, 3.05) is 26.7 Å². The van der Waals surface area contributed by atoms with Crippen LogP contribution in [-0.2, 0) is 11.2 Å². The van der Waals surface area contributed by atoms with Crippen LogP contribution in [0.2, 0.25) is 0 Å². The van der Waals surface area contributed by atoms with Gasteiger partial charge in [-0.15, -0.1) is 0 Å². The minimum Gasteiger partial charge on any atom is -0.355 e. The quantitative estimate of drug-likeness (QED) is 0.801. The highest BCUT2D eigenvalue weighted by Gasteiger charge is 2.27. The molecule has 0 aliphatic carbocycles. The first-order valence-corrected chi connectivity index (χ1v) is 8.97. The highest BCUT2D eigenvalue weighted by molar-refractivity contribution is 6.04. The van der Waals surface area contributed by atoms with Gasteiger partial charge in [-0.2, -0.15) is 0 Å². The van der Waals surface area contributed by atoms with E-state index in [1.54, 1.807) is 18.7 Å². The van der Waals surface area contributed by atoms with Crippen molar-refractivity contribution in [3.05, 3.63) is 22.5 Å². The Labute approximate surface area is 149 Å². The number of H-pyrrole nitrogens is 1. The van der Waals surface area contributed by atoms with Crippen molar-refractivity contribution < 1.29 is 14.4 Å². The SMILES string of the molecule is CCc1c(C(=O)CN2CCC(N(C)C(C)=O)CC2)[nH]c(C)c1C(C)=O. The van der Waals surface area contributed by atoms with Gasteiger partial charge < -0.3 is 9.88 Å². The number of rotatable bonds is 6. The van der Waals surface area contributed by atoms with E-state index < -0.39 is 0 Å². The van der Waals surface area contributed by atoms with Gasteiger partial charge in [-0.3, -0.25) is 19.3 Å². The lowest BCUT2D eigenvalue weighted by molar-refractivity contribution is -0.130. The van der Waals surface area contributed by atoms with Crippen molar-refractivity contribution in [1.82, 2.24) is 14.8 Å². The van der Waals surface area contributed by atoms with Crippen molar-refractivity contribution in [3.8, 4) is 0 Å². The normalized spacial score (nSPS) is 16.0. The van der Waals surface area contributed by atoms with Crippen molar-refractivity contribution in [2.45, 2.75) is 53.0 Å². The van der Waals surface area contributed by atoms with Crippen LogP contribution in [-0.4, -0.2) is 65.0 Å². The molecule has 0 bridgehead atoms. The molecule has 1 saturated heterocycles. The zero-order chi connectivity index (χ0) is 18.7. The van der Waals surface area contributed by atoms with Gasteiger partial charge in [-0.1, -0.05) is 6.92 Å². The molecule has 1 aromatic rings. The summed E-state index contributed by atoms with van der Waals surface area (Å²) in [5, 5.41) is 0. The maximum Gasteiger partial charge on any atom is 0.219 e. The van der Waals surface area contributed by atoms with Gasteiger partial charge >= 0.3 is 0 Å². The van der Waals surface area contributed by atoms with E-state index in [0.717, 1.165) is 37.2 Å². The van der Waals surface area contributed by atoms with E-state index in [0.29, 0.717) is 24.2 Å². The highest BCUT2D eigenvalue weighted by atomic mass is 16.2. The first kappa shape index (κ1) is 19.4. The Hall–Kier alpha value is -1.95. The Balaban J connectivity index is 2.03. The van der Waals surface area contributed by atoms with Gasteiger partial charge in [0.2, 0.25) is 5.91 Å². The summed E-state index contributed by atoms with van der Waals surface area (Å²) in [4.78, 5) is 43.1. The van der Waals surface area contributed by atoms with Crippen molar-refractivity contribution in [1.29, 1.82) is 0 Å². The fourth-order valence-electron chi connectivity index (χ4n) is 3.75. The first-order chi connectivity index (χ1) is 11.8. The molecule has 0 atom stereocenters. The van der Waals surface area contributed by atoms with Crippen molar-refractivity contribution in [2.24, 2.45) is 0 Å². The molecule has 1 aliphatic rings. The van der Waals surface area contributed by atoms with Crippen molar-refractivity contribution in [3.63, 3.8) is 0 Å². The topological polar surface area (TPSA) is 73.5 Å². The number of ketones is 2. The monoisotopic (exact) mass is 347 g/mol. The van der Waals surface area contributed by atoms with Crippen LogP contribution in [0.4, 0.5) is 0 Å². The van der Waals surface area contributed by atoms with Crippen LogP contribution in [0.15, 0.2) is 0 Å². The highest BCUT2D eigenvalue weighted by Crippen LogP contribution is 2.22. The number of nitrogens with zero attached hydrogens (tertiary/aromatic N) is 2. The molecule has 0 saturated carbocycles. The van der Waals surface area contributed by atoms with E-state index in [1.807, 2.05) is 20.9 Å². The van der Waals surface area contributed by atoms with Gasteiger partial charge in [-0.25, -0.2) is 0 Å². The van der Waals surface area contributed by atoms with Crippen LogP contribution in [0.25, 0.3) is 0 Å². The number of likely N-dealkylation sites (tertiary alicyclic amines) is 1. The average Bonchev–Trinajstić information content (AvgIpc) is 2.91. The Morgan fingerprint density at radius 1 is 1.20 bits per heavy atom. The second-order valence-electron chi connectivity index (χ2n) is 6.95. The number of piperidine rings is 1. The molecule has 6 nitrogen and oxygen atoms in total. The zero-order valence-corrected chi connectivity index (χ0v) is 15.9. The molecule has 1 N–H and O–H groups in total. The minimum atomic E-state index is -0.00210. The molecule has 0 aromatic carbocycles. The maximum atomic E-state index is 12.8. The van der Waals surface area contributed by atoms with Gasteiger partial charge in [-0.05, 0) is 38.7 Å². The fraction of sp³-hybridized carbons (Fsp3) is 0.632. The van der Waals surface area contributed by atoms with Crippen LogP contribution in [0.3, 0.4) is 0 Å². The van der Waals surface area contributed by atoms with Gasteiger partial charge in [0, 0.05) is 44.4 Å². The molecule has 1 amide bonds. The Bertz CT molecular complexity index is 670. The van der Waals surface area contributed by atoms with Gasteiger partial charge in [0.25, 0.3) is 0 Å². The van der Waals surface area contributed by atoms with E-state index in [9.17, 15) is 14.4 Å². The van der Waals surface area contributed by atoms with E-state index in [-0.39, 0.29) is 23.5 Å². The summed E-state index contributed by atoms with van der Waals surface area (Å²) >= 11 is 0. The summed E-state index contributed by atoms with van der Waals surface area (Å²) < 4.78 is 0. The molecular formula is C19H29N3O3. The van der Waals surface area contributed by atoms with E-state index in [4.69, 9.17) is 0 Å². The molecule has 6 heteroatoms. The molecule has 0 spiro atoms. The summed E-state index contributed by atoms with van der Waals surface area (Å²) in [6, 6.07) is 0.257. The zero-order valence-electron chi connectivity index (χ0n) is 15.9. The molecular weight excluding hydrogens is 318 g/mol. The number of aromatic amines is 1. The average molecular weight is 347 g/mol. The predicted molar refractivity (Wildman–Crippen MR) is 97.1 cm³/mol. The molecule has 1 aliphatic heterocycles. The second-order valence-corrected chi connectivity index (χ2v) is 6.95. The molecule has 1 aromatic heterocycles. The number of nitrogens with one attached hydrogen (secondary N) is 1. The summed E-state index contributed by atoms with van der Waals surface area (Å²) in [5.41, 5.74) is 2.84. The van der Waals surface area contributed by atoms with Gasteiger partial charge in [0.1, 0.15) is 0 Å². The molecule has 138 valence electrons. The van der Waals surface area contributed by atoms with Crippen LogP contribution >= 0.6 is 0 Å². The number of hydrogen-bond donors (Lipinski definition) is 1. The summed E-state index contributed by atoms with van der Waals surface area (Å²) in [7, 11) is 1.84. The third-order valence-corrected chi connectivity index (χ3v) is 5.24. The molecule has 2 rings (SSSR count). The number of aryl methyl sites for hydroxylation is 1. The lowest BCUT2D eigenvalue weighted by atomic mass is 10.0.